The summed E-state index contributed by atoms with van der Waals surface area (Å²) in [6.45, 7) is 4.23. The van der Waals surface area contributed by atoms with Crippen LogP contribution >= 0.6 is 11.6 Å². The number of hydrogen-bond acceptors (Lipinski definition) is 12. The van der Waals surface area contributed by atoms with Crippen LogP contribution in [-0.4, -0.2) is 104 Å². The summed E-state index contributed by atoms with van der Waals surface area (Å²) in [5, 5.41) is 31.7. The van der Waals surface area contributed by atoms with Gasteiger partial charge in [0.05, 0.1) is 12.8 Å². The van der Waals surface area contributed by atoms with Crippen LogP contribution in [0.1, 0.15) is 5.56 Å². The van der Waals surface area contributed by atoms with Gasteiger partial charge in [-0.3, -0.25) is 0 Å². The summed E-state index contributed by atoms with van der Waals surface area (Å²) >= 11 is 6.37. The van der Waals surface area contributed by atoms with E-state index in [1.165, 1.54) is 0 Å². The second-order valence-corrected chi connectivity index (χ2v) is 11.5. The normalized spacial score (nSPS) is 13.8. The van der Waals surface area contributed by atoms with Crippen molar-refractivity contribution in [2.45, 2.75) is 24.9 Å². The van der Waals surface area contributed by atoms with Gasteiger partial charge in [-0.25, -0.2) is 29.3 Å². The van der Waals surface area contributed by atoms with E-state index in [4.69, 9.17) is 46.0 Å². The maximum absolute atomic E-state index is 10.6. The van der Waals surface area contributed by atoms with E-state index in [9.17, 15) is 39.5 Å². The van der Waals surface area contributed by atoms with Crippen molar-refractivity contribution < 1.29 is 74.0 Å². The first-order valence-electron chi connectivity index (χ1n) is 15.6. The first-order valence-corrected chi connectivity index (χ1v) is 16.0. The third kappa shape index (κ3) is 15.1. The summed E-state index contributed by atoms with van der Waals surface area (Å²) in [6.07, 6.45) is -9.17. The number of carbonyl (C=O) groups is 3. The van der Waals surface area contributed by atoms with Crippen molar-refractivity contribution in [1.29, 1.82) is 0 Å². The van der Waals surface area contributed by atoms with E-state index < -0.39 is 36.4 Å². The van der Waals surface area contributed by atoms with Crippen LogP contribution in [0.5, 0.6) is 5.75 Å². The standard InChI is InChI=1S/C26H25ClN8O.3C2HF3O2/c27-23-16-29-25-33-21-11-17(4-9-36-22-3-1-2-20(13-22)32-24(23)34-25)10-18(12-21)19-14-30-26(31-15-19)35-7-5-28-6-8-35;3*3-2(4,5)1(6)7/h1-3,10-16,28H,4-9H2,(H2,29,32,33,34);3*(H,6,7). The molecular formula is C32H28ClF9N8O7. The Morgan fingerprint density at radius 2 is 1.28 bits per heavy atom. The second-order valence-electron chi connectivity index (χ2n) is 11.1. The molecule has 1 fully saturated rings. The minimum atomic E-state index is -5.08. The monoisotopic (exact) mass is 842 g/mol. The molecule has 0 unspecified atom stereocenters. The number of aromatic nitrogens is 4. The first-order chi connectivity index (χ1) is 26.5. The van der Waals surface area contributed by atoms with E-state index in [1.54, 1.807) is 6.20 Å². The Labute approximate surface area is 319 Å². The van der Waals surface area contributed by atoms with Crippen molar-refractivity contribution in [2.24, 2.45) is 0 Å². The van der Waals surface area contributed by atoms with Crippen LogP contribution in [0.3, 0.4) is 0 Å². The molecule has 2 aliphatic rings. The number of hydrogen-bond donors (Lipinski definition) is 6. The number of benzene rings is 2. The number of nitrogens with zero attached hydrogens (tertiary/aromatic N) is 5. The lowest BCUT2D eigenvalue weighted by molar-refractivity contribution is -0.193. The fraction of sp³-hybridized carbons (Fsp3) is 0.281. The third-order valence-corrected chi connectivity index (χ3v) is 7.12. The number of carboxylic acids is 3. The summed E-state index contributed by atoms with van der Waals surface area (Å²) in [7, 11) is 0. The molecule has 4 aromatic rings. The highest BCUT2D eigenvalue weighted by Crippen LogP contribution is 2.30. The summed E-state index contributed by atoms with van der Waals surface area (Å²) in [4.78, 5) is 47.1. The van der Waals surface area contributed by atoms with Gasteiger partial charge in [0.25, 0.3) is 0 Å². The Morgan fingerprint density at radius 1 is 0.719 bits per heavy atom. The van der Waals surface area contributed by atoms with Gasteiger partial charge in [0.15, 0.2) is 5.82 Å². The predicted octanol–water partition coefficient (Wildman–Crippen LogP) is 6.32. The first kappa shape index (κ1) is 45.2. The lowest BCUT2D eigenvalue weighted by atomic mass is 10.0. The van der Waals surface area contributed by atoms with Crippen LogP contribution in [0.4, 0.5) is 68.6 Å². The van der Waals surface area contributed by atoms with Crippen molar-refractivity contribution in [3.63, 3.8) is 0 Å². The molecule has 6 bridgehead atoms. The topological polar surface area (TPSA) is 212 Å². The average Bonchev–Trinajstić information content (AvgIpc) is 3.13. The fourth-order valence-electron chi connectivity index (χ4n) is 4.30. The number of carboxylic acid groups (broad SMARTS) is 3. The maximum Gasteiger partial charge on any atom is 0.490 e. The van der Waals surface area contributed by atoms with Crippen molar-refractivity contribution in [3.8, 4) is 16.9 Å². The minimum absolute atomic E-state index is 0.426. The van der Waals surface area contributed by atoms with Gasteiger partial charge >= 0.3 is 36.4 Å². The molecule has 57 heavy (non-hydrogen) atoms. The van der Waals surface area contributed by atoms with E-state index in [0.717, 1.165) is 72.4 Å². The largest absolute Gasteiger partial charge is 0.493 e. The Bertz CT molecular complexity index is 1940. The number of nitrogens with one attached hydrogen (secondary N) is 3. The van der Waals surface area contributed by atoms with Gasteiger partial charge in [-0.2, -0.15) is 44.5 Å². The Morgan fingerprint density at radius 3 is 1.82 bits per heavy atom. The minimum Gasteiger partial charge on any atom is -0.493 e. The van der Waals surface area contributed by atoms with E-state index in [2.05, 4.69) is 52.9 Å². The second kappa shape index (κ2) is 19.6. The lowest BCUT2D eigenvalue weighted by Gasteiger charge is -2.27. The molecule has 0 radical (unpaired) electrons. The van der Waals surface area contributed by atoms with Gasteiger partial charge in [0.1, 0.15) is 10.8 Å². The van der Waals surface area contributed by atoms with Crippen LogP contribution in [0.2, 0.25) is 5.02 Å². The van der Waals surface area contributed by atoms with Crippen molar-refractivity contribution in [1.82, 2.24) is 25.3 Å². The smallest absolute Gasteiger partial charge is 0.490 e. The lowest BCUT2D eigenvalue weighted by Crippen LogP contribution is -2.44. The summed E-state index contributed by atoms with van der Waals surface area (Å²) < 4.78 is 101. The summed E-state index contributed by atoms with van der Waals surface area (Å²) in [5.41, 5.74) is 4.75. The van der Waals surface area contributed by atoms with E-state index in [0.29, 0.717) is 23.4 Å². The van der Waals surface area contributed by atoms with Gasteiger partial charge in [-0.15, -0.1) is 0 Å². The number of halogens is 10. The van der Waals surface area contributed by atoms with Gasteiger partial charge in [-0.05, 0) is 35.4 Å². The highest BCUT2D eigenvalue weighted by molar-refractivity contribution is 6.32. The van der Waals surface area contributed by atoms with Crippen LogP contribution in [0.15, 0.2) is 61.1 Å². The molecule has 2 aromatic carbocycles. The van der Waals surface area contributed by atoms with Crippen LogP contribution in [0, 0.1) is 0 Å². The molecule has 308 valence electrons. The van der Waals surface area contributed by atoms with Crippen LogP contribution < -0.4 is 25.6 Å². The molecule has 0 amide bonds. The zero-order valence-electron chi connectivity index (χ0n) is 28.5. The highest BCUT2D eigenvalue weighted by Gasteiger charge is 2.39. The fourth-order valence-corrected chi connectivity index (χ4v) is 4.44. The molecular weight excluding hydrogens is 815 g/mol. The van der Waals surface area contributed by atoms with Crippen molar-refractivity contribution in [2.75, 3.05) is 48.3 Å². The molecule has 2 aliphatic heterocycles. The van der Waals surface area contributed by atoms with Gasteiger partial charge < -0.3 is 40.9 Å². The molecule has 0 aliphatic carbocycles. The number of aliphatic carboxylic acids is 3. The molecule has 6 N–H and O–H groups in total. The maximum atomic E-state index is 10.6. The van der Waals surface area contributed by atoms with E-state index >= 15 is 0 Å². The molecule has 0 spiro atoms. The quantitative estimate of drug-likeness (QED) is 0.122. The number of ether oxygens (including phenoxy) is 1. The Balaban J connectivity index is 0.000000341. The zero-order chi connectivity index (χ0) is 42.6. The van der Waals surface area contributed by atoms with Gasteiger partial charge in [0.2, 0.25) is 11.9 Å². The highest BCUT2D eigenvalue weighted by atomic mass is 35.5. The van der Waals surface area contributed by atoms with E-state index in [1.807, 2.05) is 42.7 Å². The van der Waals surface area contributed by atoms with Crippen LogP contribution in [-0.2, 0) is 20.8 Å². The number of fused-ring (bicyclic) bond motifs is 6. The van der Waals surface area contributed by atoms with Crippen molar-refractivity contribution in [3.05, 3.63) is 71.6 Å². The van der Waals surface area contributed by atoms with E-state index in [-0.39, 0.29) is 0 Å². The molecule has 15 nitrogen and oxygen atoms in total. The third-order valence-electron chi connectivity index (χ3n) is 6.85. The SMILES string of the molecule is Clc1cnc2nc1Nc1cccc(c1)OCCc1cc(cc(-c3cnc(N4CCNCC4)nc3)c1)N2.O=C(O)C(F)(F)F.O=C(O)C(F)(F)F.O=C(O)C(F)(F)F. The molecule has 25 heteroatoms. The Hall–Kier alpha value is -6.17. The molecule has 2 aromatic heterocycles. The predicted molar refractivity (Wildman–Crippen MR) is 183 cm³/mol. The molecule has 0 saturated carbocycles. The molecule has 0 atom stereocenters. The average molecular weight is 843 g/mol. The summed E-state index contributed by atoms with van der Waals surface area (Å²) in [5.74, 6) is -5.78. The van der Waals surface area contributed by atoms with Gasteiger partial charge in [-0.1, -0.05) is 23.7 Å². The number of piperazine rings is 1. The number of anilines is 5. The van der Waals surface area contributed by atoms with Crippen LogP contribution in [0.25, 0.3) is 11.1 Å². The summed E-state index contributed by atoms with van der Waals surface area (Å²) in [6, 6.07) is 14.0. The molecule has 4 heterocycles. The number of rotatable bonds is 2. The zero-order valence-corrected chi connectivity index (χ0v) is 29.3. The Kier molecular flexibility index (Phi) is 15.6. The molecule has 6 rings (SSSR count). The molecule has 1 saturated heterocycles. The van der Waals surface area contributed by atoms with Gasteiger partial charge in [0, 0.05) is 68.0 Å². The number of alkyl halides is 9. The van der Waals surface area contributed by atoms with Crippen molar-refractivity contribution >= 4 is 58.6 Å².